The van der Waals surface area contributed by atoms with E-state index in [-0.39, 0.29) is 12.7 Å². The second-order valence-electron chi connectivity index (χ2n) is 9.69. The van der Waals surface area contributed by atoms with Gasteiger partial charge in [-0.3, -0.25) is 9.97 Å². The number of hydrogen-bond acceptors (Lipinski definition) is 10. The molecule has 6 aromatic rings. The predicted octanol–water partition coefficient (Wildman–Crippen LogP) is 5.55. The van der Waals surface area contributed by atoms with Crippen molar-refractivity contribution >= 4 is 28.8 Å². The second-order valence-corrected chi connectivity index (χ2v) is 11.6. The first-order valence-electron chi connectivity index (χ1n) is 13.6. The molecule has 0 N–H and O–H groups in total. The lowest BCUT2D eigenvalue weighted by Gasteiger charge is -2.24. The van der Waals surface area contributed by atoms with Crippen LogP contribution in [0.3, 0.4) is 0 Å². The Bertz CT molecular complexity index is 1650. The van der Waals surface area contributed by atoms with E-state index in [0.29, 0.717) is 13.1 Å². The number of nitrogens with zero attached hydrogens (tertiary/aromatic N) is 9. The Morgan fingerprint density at radius 1 is 0.791 bits per heavy atom. The highest BCUT2D eigenvalue weighted by Gasteiger charge is 2.19. The number of thiazole rings is 2. The van der Waals surface area contributed by atoms with Crippen molar-refractivity contribution in [2.45, 2.75) is 32.4 Å². The highest BCUT2D eigenvalue weighted by atomic mass is 32.1. The van der Waals surface area contributed by atoms with Crippen LogP contribution >= 0.6 is 22.7 Å². The molecule has 0 saturated carbocycles. The molecule has 0 unspecified atom stereocenters. The summed E-state index contributed by atoms with van der Waals surface area (Å²) in [4.78, 5) is 33.5. The van der Waals surface area contributed by atoms with E-state index in [1.165, 1.54) is 34.8 Å². The van der Waals surface area contributed by atoms with Crippen LogP contribution in [-0.2, 0) is 24.3 Å². The minimum atomic E-state index is -0.352. The summed E-state index contributed by atoms with van der Waals surface area (Å²) in [7, 11) is 0. The fourth-order valence-corrected chi connectivity index (χ4v) is 5.78. The number of carbonyl (C=O) groups is 1. The van der Waals surface area contributed by atoms with Gasteiger partial charge in [0.25, 0.3) is 0 Å². The Labute approximate surface area is 256 Å². The molecule has 2 aromatic carbocycles. The minimum Gasteiger partial charge on any atom is -0.444 e. The van der Waals surface area contributed by atoms with Crippen LogP contribution in [0.4, 0.5) is 4.79 Å². The van der Waals surface area contributed by atoms with E-state index in [0.717, 1.165) is 46.6 Å². The van der Waals surface area contributed by atoms with Gasteiger partial charge in [-0.2, -0.15) is 10.2 Å². The van der Waals surface area contributed by atoms with Gasteiger partial charge in [-0.25, -0.2) is 24.1 Å². The van der Waals surface area contributed by atoms with Crippen molar-refractivity contribution in [2.75, 3.05) is 6.54 Å². The number of benzene rings is 2. The molecule has 0 fully saturated rings. The molecule has 0 spiro atoms. The fraction of sp³-hybridized carbons (Fsp3) is 0.200. The summed E-state index contributed by atoms with van der Waals surface area (Å²) in [6.45, 7) is 1.16. The van der Waals surface area contributed by atoms with Crippen LogP contribution in [0.2, 0.25) is 0 Å². The van der Waals surface area contributed by atoms with Gasteiger partial charge in [0, 0.05) is 36.3 Å². The van der Waals surface area contributed by atoms with Gasteiger partial charge in [-0.05, 0) is 54.7 Å². The van der Waals surface area contributed by atoms with Crippen LogP contribution in [-0.4, -0.2) is 57.0 Å². The SMILES string of the molecule is O=C(OCc1cncs1)N(CCC[C](Cc1cncs1)c1ccc(-n2cncn2)cc1)Cc1ccc(-n2cncn2)cc1. The van der Waals surface area contributed by atoms with Gasteiger partial charge < -0.3 is 9.64 Å². The third-order valence-electron chi connectivity index (χ3n) is 6.81. The van der Waals surface area contributed by atoms with Gasteiger partial charge >= 0.3 is 6.09 Å². The van der Waals surface area contributed by atoms with Crippen LogP contribution in [0.15, 0.2) is 97.3 Å². The third kappa shape index (κ3) is 7.56. The van der Waals surface area contributed by atoms with Gasteiger partial charge in [-0.1, -0.05) is 24.3 Å². The normalized spacial score (nSPS) is 11.2. The monoisotopic (exact) mass is 610 g/mol. The number of amides is 1. The van der Waals surface area contributed by atoms with Crippen LogP contribution in [0, 0.1) is 5.92 Å². The highest BCUT2D eigenvalue weighted by Crippen LogP contribution is 2.27. The lowest BCUT2D eigenvalue weighted by Crippen LogP contribution is -2.32. The summed E-state index contributed by atoms with van der Waals surface area (Å²) in [5.74, 6) is 1.28. The Hall–Kier alpha value is -4.75. The summed E-state index contributed by atoms with van der Waals surface area (Å²) in [5.41, 5.74) is 7.59. The highest BCUT2D eigenvalue weighted by molar-refractivity contribution is 7.09. The molecule has 1 amide bonds. The maximum Gasteiger partial charge on any atom is 0.410 e. The van der Waals surface area contributed by atoms with E-state index in [1.807, 2.05) is 48.1 Å². The molecule has 6 rings (SSSR count). The van der Waals surface area contributed by atoms with E-state index in [9.17, 15) is 4.79 Å². The largest absolute Gasteiger partial charge is 0.444 e. The molecule has 13 heteroatoms. The van der Waals surface area contributed by atoms with Crippen molar-refractivity contribution in [3.05, 3.63) is 124 Å². The fourth-order valence-electron chi connectivity index (χ4n) is 4.64. The number of aromatic nitrogens is 8. The molecular weight excluding hydrogens is 583 g/mol. The van der Waals surface area contributed by atoms with E-state index >= 15 is 0 Å². The lowest BCUT2D eigenvalue weighted by atomic mass is 9.90. The van der Waals surface area contributed by atoms with E-state index in [1.54, 1.807) is 50.0 Å². The maximum absolute atomic E-state index is 13.3. The van der Waals surface area contributed by atoms with Crippen LogP contribution < -0.4 is 0 Å². The third-order valence-corrected chi connectivity index (χ3v) is 8.34. The van der Waals surface area contributed by atoms with Gasteiger partial charge in [0.1, 0.15) is 31.9 Å². The molecule has 217 valence electrons. The van der Waals surface area contributed by atoms with Crippen LogP contribution in [0.25, 0.3) is 11.4 Å². The Kier molecular flexibility index (Phi) is 9.20. The summed E-state index contributed by atoms with van der Waals surface area (Å²) in [6.07, 6.45) is 12.0. The van der Waals surface area contributed by atoms with Crippen molar-refractivity contribution in [1.29, 1.82) is 0 Å². The Morgan fingerprint density at radius 3 is 2.00 bits per heavy atom. The zero-order valence-corrected chi connectivity index (χ0v) is 24.8. The zero-order chi connectivity index (χ0) is 29.3. The van der Waals surface area contributed by atoms with Crippen molar-refractivity contribution in [3.63, 3.8) is 0 Å². The molecule has 0 bridgehead atoms. The first-order chi connectivity index (χ1) is 21.2. The topological polar surface area (TPSA) is 117 Å². The Morgan fingerprint density at radius 2 is 1.42 bits per heavy atom. The summed E-state index contributed by atoms with van der Waals surface area (Å²) >= 11 is 3.11. The van der Waals surface area contributed by atoms with E-state index in [2.05, 4.69) is 42.3 Å². The van der Waals surface area contributed by atoms with Crippen LogP contribution in [0.1, 0.15) is 33.7 Å². The minimum absolute atomic E-state index is 0.201. The maximum atomic E-state index is 13.3. The summed E-state index contributed by atoms with van der Waals surface area (Å²) in [6, 6.07) is 16.3. The molecule has 43 heavy (non-hydrogen) atoms. The van der Waals surface area contributed by atoms with Crippen molar-refractivity contribution in [3.8, 4) is 11.4 Å². The molecule has 0 aliphatic carbocycles. The first kappa shape index (κ1) is 28.4. The standard InChI is InChI=1S/C30H28N9O2S2/c40-30(41-16-29-14-32-22-43-29)37(15-23-3-7-26(8-4-23)38-19-33-17-35-38)11-1-2-25(12-28-13-31-21-42-28)24-5-9-27(10-6-24)39-20-34-18-36-39/h3-10,13-14,17-22H,1-2,11-12,15-16H2. The van der Waals surface area contributed by atoms with Gasteiger partial charge in [0.05, 0.1) is 27.3 Å². The van der Waals surface area contributed by atoms with Gasteiger partial charge in [-0.15, -0.1) is 22.7 Å². The van der Waals surface area contributed by atoms with E-state index < -0.39 is 0 Å². The average molecular weight is 611 g/mol. The molecule has 1 radical (unpaired) electrons. The number of carbonyl (C=O) groups excluding carboxylic acids is 1. The predicted molar refractivity (Wildman–Crippen MR) is 163 cm³/mol. The average Bonchev–Trinajstić information content (AvgIpc) is 3.88. The smallest absolute Gasteiger partial charge is 0.410 e. The first-order valence-corrected chi connectivity index (χ1v) is 15.4. The van der Waals surface area contributed by atoms with Crippen LogP contribution in [0.5, 0.6) is 0 Å². The summed E-state index contributed by atoms with van der Waals surface area (Å²) in [5, 5.41) is 8.41. The van der Waals surface area contributed by atoms with Gasteiger partial charge in [0.15, 0.2) is 0 Å². The molecule has 11 nitrogen and oxygen atoms in total. The molecule has 4 aromatic heterocycles. The molecule has 0 aliphatic rings. The quantitative estimate of drug-likeness (QED) is 0.167. The molecule has 0 aliphatic heterocycles. The number of rotatable bonds is 13. The second kappa shape index (κ2) is 13.9. The zero-order valence-electron chi connectivity index (χ0n) is 23.1. The van der Waals surface area contributed by atoms with Gasteiger partial charge in [0.2, 0.25) is 0 Å². The molecule has 4 heterocycles. The number of hydrogen-bond donors (Lipinski definition) is 0. The lowest BCUT2D eigenvalue weighted by molar-refractivity contribution is 0.0939. The molecule has 0 atom stereocenters. The van der Waals surface area contributed by atoms with Crippen molar-refractivity contribution in [2.24, 2.45) is 0 Å². The number of ether oxygens (including phenoxy) is 1. The van der Waals surface area contributed by atoms with E-state index in [4.69, 9.17) is 4.74 Å². The van der Waals surface area contributed by atoms with Crippen molar-refractivity contribution < 1.29 is 9.53 Å². The Balaban J connectivity index is 1.14. The summed E-state index contributed by atoms with van der Waals surface area (Å²) < 4.78 is 9.12. The molecule has 0 saturated heterocycles. The van der Waals surface area contributed by atoms with Crippen molar-refractivity contribution in [1.82, 2.24) is 44.4 Å². The molecular formula is C30H28N9O2S2.